The molecule has 0 aromatic heterocycles. The summed E-state index contributed by atoms with van der Waals surface area (Å²) in [5, 5.41) is 13.7. The van der Waals surface area contributed by atoms with Crippen molar-refractivity contribution in [1.29, 1.82) is 0 Å². The lowest BCUT2D eigenvalue weighted by molar-refractivity contribution is -0.139. The number of alkyl halides is 6. The molecule has 2 rings (SSSR count). The van der Waals surface area contributed by atoms with Crippen LogP contribution in [0.25, 0.3) is 0 Å². The molecule has 2 atom stereocenters. The number of aliphatic hydroxyl groups is 1. The molecule has 15 heteroatoms. The molecule has 0 aliphatic rings. The van der Waals surface area contributed by atoms with Crippen LogP contribution in [0, 0.1) is 0 Å². The van der Waals surface area contributed by atoms with Crippen LogP contribution in [0.4, 0.5) is 35.9 Å². The SMILES string of the molecule is CC(C)(C)[SiH2]OC(C)(C)C(CCC(F)(F)F)NC(=O)OCc1ccccc1.O=C(N[C@H](CO)CCC(F)(F)F)OCc1ccccc1. The first-order valence-corrected chi connectivity index (χ1v) is 16.3. The second-order valence-electron chi connectivity index (χ2n) is 12.6. The maximum absolute atomic E-state index is 12.7. The summed E-state index contributed by atoms with van der Waals surface area (Å²) in [6.07, 6.45) is -12.9. The minimum Gasteiger partial charge on any atom is -0.445 e. The Morgan fingerprint density at radius 3 is 1.55 bits per heavy atom. The van der Waals surface area contributed by atoms with E-state index < -0.39 is 71.4 Å². The van der Waals surface area contributed by atoms with Gasteiger partial charge in [-0.05, 0) is 42.9 Å². The molecule has 2 amide bonds. The predicted molar refractivity (Wildman–Crippen MR) is 168 cm³/mol. The molecule has 1 unspecified atom stereocenters. The maximum atomic E-state index is 12.7. The minimum absolute atomic E-state index is 0.0142. The van der Waals surface area contributed by atoms with Crippen molar-refractivity contribution in [3.63, 3.8) is 0 Å². The van der Waals surface area contributed by atoms with Crippen molar-refractivity contribution in [1.82, 2.24) is 10.6 Å². The molecular formula is C32H46F6N2O6Si. The fourth-order valence-electron chi connectivity index (χ4n) is 3.79. The lowest BCUT2D eigenvalue weighted by Gasteiger charge is -2.37. The first kappa shape index (κ1) is 41.7. The molecule has 47 heavy (non-hydrogen) atoms. The third-order valence-electron chi connectivity index (χ3n) is 6.47. The standard InChI is InChI=1S/C19H30F3NO3Si.C13H16F3NO3/c1-17(2,3)27-26-18(4,5)15(11-12-19(20,21)22)23-16(24)25-13-14-9-7-6-8-10-14;14-13(15,16)7-6-11(8-18)17-12(19)20-9-10-4-2-1-3-5-10/h6-10,15H,11-13,27H2,1-5H3,(H,23,24);1-5,11,18H,6-9H2,(H,17,19)/t;11-/m.0/s1. The Balaban J connectivity index is 0.000000491. The first-order valence-electron chi connectivity index (χ1n) is 15.0. The van der Waals surface area contributed by atoms with Crippen LogP contribution in [-0.2, 0) is 27.1 Å². The zero-order valence-electron chi connectivity index (χ0n) is 27.3. The summed E-state index contributed by atoms with van der Waals surface area (Å²) in [6, 6.07) is 16.2. The molecule has 0 saturated carbocycles. The van der Waals surface area contributed by atoms with E-state index in [0.717, 1.165) is 11.1 Å². The molecule has 0 fully saturated rings. The van der Waals surface area contributed by atoms with E-state index in [1.54, 1.807) is 50.2 Å². The van der Waals surface area contributed by atoms with Gasteiger partial charge in [0.1, 0.15) is 13.2 Å². The first-order chi connectivity index (χ1) is 21.7. The number of aliphatic hydroxyl groups excluding tert-OH is 1. The quantitative estimate of drug-likeness (QED) is 0.141. The van der Waals surface area contributed by atoms with Crippen molar-refractivity contribution in [3.8, 4) is 0 Å². The van der Waals surface area contributed by atoms with Gasteiger partial charge in [-0.15, -0.1) is 0 Å². The molecule has 0 heterocycles. The van der Waals surface area contributed by atoms with Gasteiger partial charge in [-0.3, -0.25) is 0 Å². The highest BCUT2D eigenvalue weighted by atomic mass is 28.2. The number of benzene rings is 2. The van der Waals surface area contributed by atoms with Crippen molar-refractivity contribution >= 4 is 21.9 Å². The monoisotopic (exact) mass is 696 g/mol. The Morgan fingerprint density at radius 2 is 1.15 bits per heavy atom. The molecule has 0 aliphatic heterocycles. The summed E-state index contributed by atoms with van der Waals surface area (Å²) in [5.74, 6) is 0. The lowest BCUT2D eigenvalue weighted by Crippen LogP contribution is -2.52. The highest BCUT2D eigenvalue weighted by molar-refractivity contribution is 6.31. The van der Waals surface area contributed by atoms with Crippen LogP contribution in [-0.4, -0.2) is 63.7 Å². The van der Waals surface area contributed by atoms with Crippen molar-refractivity contribution in [3.05, 3.63) is 71.8 Å². The molecule has 0 bridgehead atoms. The van der Waals surface area contributed by atoms with Gasteiger partial charge in [0.05, 0.1) is 24.3 Å². The molecule has 8 nitrogen and oxygen atoms in total. The van der Waals surface area contributed by atoms with Gasteiger partial charge in [0.15, 0.2) is 9.76 Å². The molecule has 0 radical (unpaired) electrons. The van der Waals surface area contributed by atoms with E-state index in [4.69, 9.17) is 19.0 Å². The van der Waals surface area contributed by atoms with Gasteiger partial charge in [-0.25, -0.2) is 9.59 Å². The number of rotatable bonds is 14. The zero-order valence-corrected chi connectivity index (χ0v) is 28.8. The summed E-state index contributed by atoms with van der Waals surface area (Å²) in [7, 11) is -1.01. The van der Waals surface area contributed by atoms with Gasteiger partial charge < -0.3 is 29.6 Å². The third-order valence-corrected chi connectivity index (χ3v) is 8.22. The van der Waals surface area contributed by atoms with Crippen molar-refractivity contribution in [2.75, 3.05) is 6.61 Å². The van der Waals surface area contributed by atoms with E-state index in [2.05, 4.69) is 10.6 Å². The highest BCUT2D eigenvalue weighted by Gasteiger charge is 2.37. The van der Waals surface area contributed by atoms with Crippen molar-refractivity contribution in [2.24, 2.45) is 0 Å². The lowest BCUT2D eigenvalue weighted by atomic mass is 9.94. The van der Waals surface area contributed by atoms with Crippen LogP contribution in [0.15, 0.2) is 60.7 Å². The number of hydrogen-bond donors (Lipinski definition) is 3. The van der Waals surface area contributed by atoms with E-state index in [1.807, 2.05) is 45.0 Å². The Hall–Kier alpha value is -3.30. The number of carbonyl (C=O) groups excluding carboxylic acids is 2. The van der Waals surface area contributed by atoms with Crippen LogP contribution in [0.1, 0.15) is 71.4 Å². The largest absolute Gasteiger partial charge is 0.445 e. The number of ether oxygens (including phenoxy) is 2. The predicted octanol–water partition coefficient (Wildman–Crippen LogP) is 7.34. The van der Waals surface area contributed by atoms with Gasteiger partial charge >= 0.3 is 24.5 Å². The molecule has 2 aromatic rings. The van der Waals surface area contributed by atoms with Crippen LogP contribution in [0.3, 0.4) is 0 Å². The number of alkyl carbamates (subject to hydrolysis) is 2. The topological polar surface area (TPSA) is 106 Å². The summed E-state index contributed by atoms with van der Waals surface area (Å²) in [5.41, 5.74) is 0.643. The van der Waals surface area contributed by atoms with Crippen molar-refractivity contribution < 1.29 is 54.9 Å². The fraction of sp³-hybridized carbons (Fsp3) is 0.562. The molecule has 3 N–H and O–H groups in total. The van der Waals surface area contributed by atoms with Gasteiger partial charge in [0.25, 0.3) is 0 Å². The number of halogens is 6. The van der Waals surface area contributed by atoms with Gasteiger partial charge in [-0.2, -0.15) is 26.3 Å². The van der Waals surface area contributed by atoms with E-state index in [-0.39, 0.29) is 31.1 Å². The van der Waals surface area contributed by atoms with Crippen LogP contribution in [0.5, 0.6) is 0 Å². The Labute approximate surface area is 274 Å². The highest BCUT2D eigenvalue weighted by Crippen LogP contribution is 2.29. The fourth-order valence-corrected chi connectivity index (χ4v) is 4.80. The maximum Gasteiger partial charge on any atom is 0.407 e. The molecule has 266 valence electrons. The Bertz CT molecular complexity index is 1180. The number of nitrogens with one attached hydrogen (secondary N) is 2. The number of amides is 2. The average Bonchev–Trinajstić information content (AvgIpc) is 2.98. The van der Waals surface area contributed by atoms with E-state index in [0.29, 0.717) is 0 Å². The Morgan fingerprint density at radius 1 is 0.723 bits per heavy atom. The van der Waals surface area contributed by atoms with Crippen LogP contribution < -0.4 is 10.6 Å². The molecular weight excluding hydrogens is 650 g/mol. The van der Waals surface area contributed by atoms with Gasteiger partial charge in [-0.1, -0.05) is 81.4 Å². The molecule has 2 aromatic carbocycles. The average molecular weight is 697 g/mol. The normalized spacial score (nSPS) is 13.7. The van der Waals surface area contributed by atoms with E-state index in [1.165, 1.54) is 0 Å². The molecule has 0 aliphatic carbocycles. The summed E-state index contributed by atoms with van der Waals surface area (Å²) >= 11 is 0. The second kappa shape index (κ2) is 19.5. The molecule has 0 saturated heterocycles. The minimum atomic E-state index is -4.32. The third kappa shape index (κ3) is 21.2. The van der Waals surface area contributed by atoms with E-state index in [9.17, 15) is 35.9 Å². The Kier molecular flexibility index (Phi) is 17.3. The molecule has 0 spiro atoms. The number of hydrogen-bond acceptors (Lipinski definition) is 6. The van der Waals surface area contributed by atoms with Crippen LogP contribution in [0.2, 0.25) is 5.04 Å². The smallest absolute Gasteiger partial charge is 0.407 e. The van der Waals surface area contributed by atoms with Gasteiger partial charge in [0, 0.05) is 12.8 Å². The van der Waals surface area contributed by atoms with Gasteiger partial charge in [0.2, 0.25) is 0 Å². The second-order valence-corrected chi connectivity index (χ2v) is 15.3. The summed E-state index contributed by atoms with van der Waals surface area (Å²) < 4.78 is 90.2. The van der Waals surface area contributed by atoms with Crippen molar-refractivity contribution in [2.45, 2.75) is 109 Å². The summed E-state index contributed by atoms with van der Waals surface area (Å²) in [6.45, 7) is 9.01. The number of carbonyl (C=O) groups is 2. The summed E-state index contributed by atoms with van der Waals surface area (Å²) in [4.78, 5) is 23.5. The van der Waals surface area contributed by atoms with E-state index >= 15 is 0 Å². The zero-order chi connectivity index (χ0) is 35.7. The van der Waals surface area contributed by atoms with Crippen LogP contribution >= 0.6 is 0 Å².